The molecule has 0 aliphatic carbocycles. The van der Waals surface area contributed by atoms with Gasteiger partial charge in [0.15, 0.2) is 0 Å². The molecular formula is C14H8N4O2. The highest BCUT2D eigenvalue weighted by Crippen LogP contribution is 2.30. The number of rotatable bonds is 2. The Kier molecular flexibility index (Phi) is 2.66. The molecule has 0 N–H and O–H groups in total. The molecule has 6 heteroatoms. The van der Waals surface area contributed by atoms with E-state index in [1.165, 1.54) is 12.3 Å². The van der Waals surface area contributed by atoms with Gasteiger partial charge in [-0.25, -0.2) is 0 Å². The molecule has 3 rings (SSSR count). The van der Waals surface area contributed by atoms with Crippen molar-refractivity contribution in [2.45, 2.75) is 0 Å². The van der Waals surface area contributed by atoms with Crippen LogP contribution in [0, 0.1) is 21.4 Å². The highest BCUT2D eigenvalue weighted by molar-refractivity contribution is 5.96. The Morgan fingerprint density at radius 1 is 1.25 bits per heavy atom. The number of nitrogens with zero attached hydrogens (tertiary/aromatic N) is 4. The average molecular weight is 264 g/mol. The van der Waals surface area contributed by atoms with Crippen LogP contribution in [0.2, 0.25) is 0 Å². The van der Waals surface area contributed by atoms with E-state index < -0.39 is 4.92 Å². The molecule has 0 aliphatic heterocycles. The van der Waals surface area contributed by atoms with E-state index in [1.54, 1.807) is 41.2 Å². The molecule has 2 aromatic heterocycles. The molecular weight excluding hydrogens is 256 g/mol. The molecule has 0 aliphatic rings. The van der Waals surface area contributed by atoms with Crippen LogP contribution in [0.25, 0.3) is 16.5 Å². The van der Waals surface area contributed by atoms with E-state index in [0.717, 1.165) is 0 Å². The molecule has 0 fully saturated rings. The average Bonchev–Trinajstić information content (AvgIpc) is 2.94. The second-order valence-corrected chi connectivity index (χ2v) is 4.16. The van der Waals surface area contributed by atoms with Crippen molar-refractivity contribution >= 4 is 16.5 Å². The summed E-state index contributed by atoms with van der Waals surface area (Å²) < 4.78 is 1.69. The number of fused-ring (bicyclic) bond motifs is 1. The third-order valence-corrected chi connectivity index (χ3v) is 3.09. The number of aromatic nitrogens is 2. The molecule has 0 bridgehead atoms. The number of pyridine rings is 1. The molecule has 2 heterocycles. The van der Waals surface area contributed by atoms with Gasteiger partial charge in [0, 0.05) is 30.0 Å². The van der Waals surface area contributed by atoms with Crippen LogP contribution < -0.4 is 0 Å². The fourth-order valence-corrected chi connectivity index (χ4v) is 2.21. The third kappa shape index (κ3) is 1.69. The SMILES string of the molecule is N#Cc1cccn1-c1ccc([N+](=O)[O-])c2ccncc12. The number of hydrogen-bond donors (Lipinski definition) is 0. The first-order chi connectivity index (χ1) is 9.72. The summed E-state index contributed by atoms with van der Waals surface area (Å²) in [4.78, 5) is 14.7. The summed E-state index contributed by atoms with van der Waals surface area (Å²) in [5.41, 5.74) is 1.18. The third-order valence-electron chi connectivity index (χ3n) is 3.09. The zero-order valence-corrected chi connectivity index (χ0v) is 10.2. The smallest absolute Gasteiger partial charge is 0.277 e. The number of hydrogen-bond acceptors (Lipinski definition) is 4. The lowest BCUT2D eigenvalue weighted by atomic mass is 10.1. The van der Waals surface area contributed by atoms with Crippen molar-refractivity contribution in [2.24, 2.45) is 0 Å². The molecule has 1 aromatic carbocycles. The summed E-state index contributed by atoms with van der Waals surface area (Å²) >= 11 is 0. The van der Waals surface area contributed by atoms with Crippen molar-refractivity contribution in [3.05, 3.63) is 64.7 Å². The Morgan fingerprint density at radius 2 is 2.10 bits per heavy atom. The first-order valence-corrected chi connectivity index (χ1v) is 5.81. The van der Waals surface area contributed by atoms with Crippen LogP contribution >= 0.6 is 0 Å². The summed E-state index contributed by atoms with van der Waals surface area (Å²) in [5, 5.41) is 21.3. The maximum Gasteiger partial charge on any atom is 0.277 e. The van der Waals surface area contributed by atoms with Crippen molar-refractivity contribution in [3.8, 4) is 11.8 Å². The Morgan fingerprint density at radius 3 is 2.85 bits per heavy atom. The maximum absolute atomic E-state index is 11.1. The lowest BCUT2D eigenvalue weighted by Crippen LogP contribution is -1.99. The minimum Gasteiger partial charge on any atom is -0.308 e. The fourth-order valence-electron chi connectivity index (χ4n) is 2.21. The Labute approximate surface area is 113 Å². The predicted molar refractivity (Wildman–Crippen MR) is 72.4 cm³/mol. The van der Waals surface area contributed by atoms with Crippen LogP contribution in [-0.2, 0) is 0 Å². The zero-order valence-electron chi connectivity index (χ0n) is 10.2. The highest BCUT2D eigenvalue weighted by atomic mass is 16.6. The maximum atomic E-state index is 11.1. The van der Waals surface area contributed by atoms with E-state index in [4.69, 9.17) is 5.26 Å². The zero-order chi connectivity index (χ0) is 14.1. The van der Waals surface area contributed by atoms with Gasteiger partial charge in [-0.3, -0.25) is 15.1 Å². The lowest BCUT2D eigenvalue weighted by molar-refractivity contribution is -0.383. The first-order valence-electron chi connectivity index (χ1n) is 5.81. The highest BCUT2D eigenvalue weighted by Gasteiger charge is 2.15. The van der Waals surface area contributed by atoms with Crippen molar-refractivity contribution in [2.75, 3.05) is 0 Å². The Bertz CT molecular complexity index is 861. The van der Waals surface area contributed by atoms with E-state index in [2.05, 4.69) is 11.1 Å². The number of nitriles is 1. The molecule has 0 radical (unpaired) electrons. The summed E-state index contributed by atoms with van der Waals surface area (Å²) in [6.45, 7) is 0. The monoisotopic (exact) mass is 264 g/mol. The van der Waals surface area contributed by atoms with E-state index in [-0.39, 0.29) is 5.69 Å². The van der Waals surface area contributed by atoms with Gasteiger partial charge in [-0.1, -0.05) is 0 Å². The number of benzene rings is 1. The minimum atomic E-state index is -0.424. The van der Waals surface area contributed by atoms with Gasteiger partial charge >= 0.3 is 0 Å². The molecule has 0 spiro atoms. The van der Waals surface area contributed by atoms with Crippen molar-refractivity contribution in [1.82, 2.24) is 9.55 Å². The van der Waals surface area contributed by atoms with Gasteiger partial charge in [0.05, 0.1) is 16.0 Å². The van der Waals surface area contributed by atoms with Gasteiger partial charge in [-0.05, 0) is 24.3 Å². The summed E-state index contributed by atoms with van der Waals surface area (Å²) in [6.07, 6.45) is 4.82. The van der Waals surface area contributed by atoms with Gasteiger partial charge in [0.25, 0.3) is 5.69 Å². The molecule has 0 unspecified atom stereocenters. The molecule has 0 atom stereocenters. The van der Waals surface area contributed by atoms with E-state index in [0.29, 0.717) is 22.2 Å². The van der Waals surface area contributed by atoms with E-state index in [1.807, 2.05) is 0 Å². The van der Waals surface area contributed by atoms with Crippen molar-refractivity contribution in [3.63, 3.8) is 0 Å². The van der Waals surface area contributed by atoms with Crippen LogP contribution in [0.3, 0.4) is 0 Å². The van der Waals surface area contributed by atoms with Crippen LogP contribution in [0.15, 0.2) is 48.9 Å². The summed E-state index contributed by atoms with van der Waals surface area (Å²) in [5.74, 6) is 0. The van der Waals surface area contributed by atoms with E-state index >= 15 is 0 Å². The minimum absolute atomic E-state index is 0.0248. The molecule has 0 saturated carbocycles. The van der Waals surface area contributed by atoms with E-state index in [9.17, 15) is 10.1 Å². The van der Waals surface area contributed by atoms with Crippen LogP contribution in [-0.4, -0.2) is 14.5 Å². The molecule has 20 heavy (non-hydrogen) atoms. The standard InChI is InChI=1S/C14H8N4O2/c15-8-10-2-1-7-17(10)13-3-4-14(18(19)20)11-5-6-16-9-12(11)13/h1-7,9H. The predicted octanol–water partition coefficient (Wildman–Crippen LogP) is 2.81. The van der Waals surface area contributed by atoms with Crippen molar-refractivity contribution in [1.29, 1.82) is 5.26 Å². The number of nitro benzene ring substituents is 1. The number of non-ortho nitro benzene ring substituents is 1. The van der Waals surface area contributed by atoms with Crippen LogP contribution in [0.1, 0.15) is 5.69 Å². The van der Waals surface area contributed by atoms with Crippen molar-refractivity contribution < 1.29 is 4.92 Å². The largest absolute Gasteiger partial charge is 0.308 e. The molecule has 0 amide bonds. The quantitative estimate of drug-likeness (QED) is 0.526. The summed E-state index contributed by atoms with van der Waals surface area (Å²) in [7, 11) is 0. The second kappa shape index (κ2) is 4.48. The number of nitro groups is 1. The van der Waals surface area contributed by atoms with Gasteiger partial charge in [-0.2, -0.15) is 5.26 Å². The van der Waals surface area contributed by atoms with Gasteiger partial charge in [-0.15, -0.1) is 0 Å². The fraction of sp³-hybridized carbons (Fsp3) is 0. The second-order valence-electron chi connectivity index (χ2n) is 4.16. The lowest BCUT2D eigenvalue weighted by Gasteiger charge is -2.09. The first kappa shape index (κ1) is 11.9. The molecule has 96 valence electrons. The van der Waals surface area contributed by atoms with Gasteiger partial charge in [0.2, 0.25) is 0 Å². The topological polar surface area (TPSA) is 84.8 Å². The normalized spacial score (nSPS) is 10.3. The van der Waals surface area contributed by atoms with Gasteiger partial charge < -0.3 is 4.57 Å². The Balaban J connectivity index is 2.37. The summed E-state index contributed by atoms with van der Waals surface area (Å²) in [6, 6.07) is 10.2. The Hall–Kier alpha value is -3.20. The van der Waals surface area contributed by atoms with Crippen LogP contribution in [0.4, 0.5) is 5.69 Å². The molecule has 0 saturated heterocycles. The van der Waals surface area contributed by atoms with Crippen LogP contribution in [0.5, 0.6) is 0 Å². The molecule has 3 aromatic rings. The molecule has 6 nitrogen and oxygen atoms in total. The van der Waals surface area contributed by atoms with Gasteiger partial charge in [0.1, 0.15) is 11.8 Å².